The van der Waals surface area contributed by atoms with E-state index in [1.54, 1.807) is 12.1 Å². The van der Waals surface area contributed by atoms with Gasteiger partial charge in [0.05, 0.1) is 6.10 Å². The van der Waals surface area contributed by atoms with Gasteiger partial charge < -0.3 is 14.9 Å². The molecule has 2 fully saturated rings. The zero-order valence-electron chi connectivity index (χ0n) is 14.9. The number of aryl methyl sites for hydroxylation is 1. The molecular weight excluding hydrogens is 345 g/mol. The lowest BCUT2D eigenvalue weighted by molar-refractivity contribution is -0.153. The highest BCUT2D eigenvalue weighted by atomic mass is 19.4. The summed E-state index contributed by atoms with van der Waals surface area (Å²) in [6.45, 7) is 0.788. The predicted molar refractivity (Wildman–Crippen MR) is 90.3 cm³/mol. The van der Waals surface area contributed by atoms with E-state index in [9.17, 15) is 23.4 Å². The summed E-state index contributed by atoms with van der Waals surface area (Å²) in [5.74, 6) is 0.872. The van der Waals surface area contributed by atoms with Crippen LogP contribution < -0.4 is 4.74 Å². The molecule has 144 valence electrons. The van der Waals surface area contributed by atoms with Gasteiger partial charge in [-0.05, 0) is 85.0 Å². The van der Waals surface area contributed by atoms with Crippen molar-refractivity contribution in [1.82, 2.24) is 0 Å². The van der Waals surface area contributed by atoms with E-state index in [2.05, 4.69) is 6.92 Å². The van der Waals surface area contributed by atoms with Gasteiger partial charge >= 0.3 is 6.18 Å². The Kier molecular flexibility index (Phi) is 4.17. The highest BCUT2D eigenvalue weighted by Gasteiger charge is 2.54. The van der Waals surface area contributed by atoms with E-state index in [1.807, 2.05) is 0 Å². The Balaban J connectivity index is 1.63. The third-order valence-corrected chi connectivity index (χ3v) is 7.15. The number of fused-ring (bicyclic) bond motifs is 5. The van der Waals surface area contributed by atoms with E-state index in [4.69, 9.17) is 4.74 Å². The standard InChI is InChI=1S/C20H25F3O3/c1-19-7-6-12-13(15(19)4-5-18(19)25)3-2-11-8-16(24)17(9-14(11)12)26-10-20(21,22)23/h8-9,12-13,15,18,24-25H,2-7,10H2,1H3/t12-,13+,15-,18-,19-/m0/s1. The van der Waals surface area contributed by atoms with Crippen LogP contribution in [-0.2, 0) is 6.42 Å². The molecule has 0 amide bonds. The highest BCUT2D eigenvalue weighted by molar-refractivity contribution is 5.49. The lowest BCUT2D eigenvalue weighted by atomic mass is 9.55. The molecule has 1 aromatic rings. The van der Waals surface area contributed by atoms with Gasteiger partial charge in [-0.3, -0.25) is 0 Å². The van der Waals surface area contributed by atoms with E-state index in [-0.39, 0.29) is 28.9 Å². The molecule has 0 aromatic heterocycles. The highest BCUT2D eigenvalue weighted by Crippen LogP contribution is 2.61. The number of aromatic hydroxyl groups is 1. The normalized spacial score (nSPS) is 36.2. The second-order valence-electron chi connectivity index (χ2n) is 8.48. The summed E-state index contributed by atoms with van der Waals surface area (Å²) in [4.78, 5) is 0. The molecule has 0 aliphatic heterocycles. The number of rotatable bonds is 2. The fourth-order valence-electron chi connectivity index (χ4n) is 5.84. The lowest BCUT2D eigenvalue weighted by Gasteiger charge is -2.50. The van der Waals surface area contributed by atoms with Crippen molar-refractivity contribution in [1.29, 1.82) is 0 Å². The van der Waals surface area contributed by atoms with Gasteiger partial charge in [-0.25, -0.2) is 0 Å². The summed E-state index contributed by atoms with van der Waals surface area (Å²) in [7, 11) is 0. The van der Waals surface area contributed by atoms with Gasteiger partial charge in [0.25, 0.3) is 0 Å². The lowest BCUT2D eigenvalue weighted by Crippen LogP contribution is -2.43. The van der Waals surface area contributed by atoms with E-state index in [1.165, 1.54) is 0 Å². The number of aliphatic hydroxyl groups is 1. The number of phenolic OH excluding ortho intramolecular Hbond substituents is 1. The number of phenols is 1. The average Bonchev–Trinajstić information content (AvgIpc) is 2.87. The number of hydrogen-bond donors (Lipinski definition) is 2. The Hall–Kier alpha value is -1.43. The molecule has 26 heavy (non-hydrogen) atoms. The first-order chi connectivity index (χ1) is 12.2. The Morgan fingerprint density at radius 2 is 1.96 bits per heavy atom. The zero-order valence-corrected chi connectivity index (χ0v) is 14.9. The van der Waals surface area contributed by atoms with Gasteiger partial charge in [0.1, 0.15) is 0 Å². The minimum atomic E-state index is -4.43. The van der Waals surface area contributed by atoms with Crippen LogP contribution in [-0.4, -0.2) is 29.1 Å². The fraction of sp³-hybridized carbons (Fsp3) is 0.700. The Labute approximate surface area is 151 Å². The summed E-state index contributed by atoms with van der Waals surface area (Å²) in [5.41, 5.74) is 2.01. The number of alkyl halides is 3. The van der Waals surface area contributed by atoms with Crippen molar-refractivity contribution < 1.29 is 28.1 Å². The van der Waals surface area contributed by atoms with Crippen molar-refractivity contribution in [2.24, 2.45) is 17.3 Å². The molecule has 5 atom stereocenters. The molecule has 2 N–H and O–H groups in total. The molecule has 0 radical (unpaired) electrons. The number of benzene rings is 1. The SMILES string of the molecule is C[C@]12CC[C@@H]3c4cc(OCC(F)(F)F)c(O)cc4CC[C@H]3[C@@H]1CC[C@@H]2O. The first-order valence-corrected chi connectivity index (χ1v) is 9.42. The maximum Gasteiger partial charge on any atom is 0.422 e. The minimum Gasteiger partial charge on any atom is -0.504 e. The van der Waals surface area contributed by atoms with Crippen molar-refractivity contribution in [3.05, 3.63) is 23.3 Å². The second-order valence-corrected chi connectivity index (χ2v) is 8.48. The van der Waals surface area contributed by atoms with Gasteiger partial charge in [-0.15, -0.1) is 0 Å². The predicted octanol–water partition coefficient (Wildman–Crippen LogP) is 4.55. The van der Waals surface area contributed by atoms with Gasteiger partial charge in [-0.2, -0.15) is 13.2 Å². The molecule has 3 aliphatic carbocycles. The molecule has 0 bridgehead atoms. The molecule has 0 spiro atoms. The smallest absolute Gasteiger partial charge is 0.422 e. The fourth-order valence-corrected chi connectivity index (χ4v) is 5.84. The molecule has 0 unspecified atom stereocenters. The molecule has 1 aromatic carbocycles. The summed E-state index contributed by atoms with van der Waals surface area (Å²) in [6.07, 6.45) is 0.845. The Morgan fingerprint density at radius 1 is 1.19 bits per heavy atom. The van der Waals surface area contributed by atoms with E-state index in [0.29, 0.717) is 11.8 Å². The summed E-state index contributed by atoms with van der Waals surface area (Å²) in [5, 5.41) is 20.5. The van der Waals surface area contributed by atoms with Crippen LogP contribution in [0.15, 0.2) is 12.1 Å². The first-order valence-electron chi connectivity index (χ1n) is 9.42. The van der Waals surface area contributed by atoms with Crippen molar-refractivity contribution in [2.45, 2.75) is 63.6 Å². The number of aliphatic hydroxyl groups excluding tert-OH is 1. The second kappa shape index (κ2) is 6.04. The monoisotopic (exact) mass is 370 g/mol. The molecule has 2 saturated carbocycles. The van der Waals surface area contributed by atoms with Gasteiger partial charge in [-0.1, -0.05) is 6.92 Å². The van der Waals surface area contributed by atoms with E-state index >= 15 is 0 Å². The molecule has 4 rings (SSSR count). The number of halogens is 3. The first kappa shape index (κ1) is 18.0. The zero-order chi connectivity index (χ0) is 18.7. The molecule has 6 heteroatoms. The van der Waals surface area contributed by atoms with Crippen molar-refractivity contribution in [3.63, 3.8) is 0 Å². The van der Waals surface area contributed by atoms with Crippen LogP contribution in [0.3, 0.4) is 0 Å². The summed E-state index contributed by atoms with van der Waals surface area (Å²) < 4.78 is 42.3. The molecule has 0 saturated heterocycles. The third kappa shape index (κ3) is 2.86. The molecule has 3 aliphatic rings. The van der Waals surface area contributed by atoms with Crippen molar-refractivity contribution in [3.8, 4) is 11.5 Å². The molecule has 0 heterocycles. The average molecular weight is 370 g/mol. The minimum absolute atomic E-state index is 0.0365. The maximum absolute atomic E-state index is 12.5. The van der Waals surface area contributed by atoms with Crippen LogP contribution in [0.4, 0.5) is 13.2 Å². The van der Waals surface area contributed by atoms with Crippen LogP contribution in [0, 0.1) is 17.3 Å². The quantitative estimate of drug-likeness (QED) is 0.803. The Bertz CT molecular complexity index is 702. The molecule has 3 nitrogen and oxygen atoms in total. The van der Waals surface area contributed by atoms with E-state index < -0.39 is 12.8 Å². The van der Waals surface area contributed by atoms with Crippen LogP contribution in [0.5, 0.6) is 11.5 Å². The Morgan fingerprint density at radius 3 is 2.69 bits per heavy atom. The topological polar surface area (TPSA) is 49.7 Å². The third-order valence-electron chi connectivity index (χ3n) is 7.15. The van der Waals surface area contributed by atoms with Gasteiger partial charge in [0, 0.05) is 0 Å². The van der Waals surface area contributed by atoms with Gasteiger partial charge in [0.15, 0.2) is 18.1 Å². The number of ether oxygens (including phenoxy) is 1. The molecular formula is C20H25F3O3. The largest absolute Gasteiger partial charge is 0.504 e. The summed E-state index contributed by atoms with van der Waals surface area (Å²) >= 11 is 0. The number of hydrogen-bond acceptors (Lipinski definition) is 3. The van der Waals surface area contributed by atoms with Crippen LogP contribution in [0.2, 0.25) is 0 Å². The maximum atomic E-state index is 12.5. The van der Waals surface area contributed by atoms with Crippen LogP contribution in [0.25, 0.3) is 0 Å². The van der Waals surface area contributed by atoms with Crippen LogP contribution >= 0.6 is 0 Å². The van der Waals surface area contributed by atoms with E-state index in [0.717, 1.165) is 49.7 Å². The van der Waals surface area contributed by atoms with Crippen molar-refractivity contribution >= 4 is 0 Å². The van der Waals surface area contributed by atoms with Crippen LogP contribution in [0.1, 0.15) is 56.1 Å². The van der Waals surface area contributed by atoms with Crippen molar-refractivity contribution in [2.75, 3.05) is 6.61 Å². The summed E-state index contributed by atoms with van der Waals surface area (Å²) in [6, 6.07) is 3.20. The van der Waals surface area contributed by atoms with Gasteiger partial charge in [0.2, 0.25) is 0 Å².